The molecule has 42 heavy (non-hydrogen) atoms. The van der Waals surface area contributed by atoms with E-state index in [-0.39, 0.29) is 13.1 Å². The molecule has 4 aromatic rings. The van der Waals surface area contributed by atoms with Crippen molar-refractivity contribution in [2.45, 2.75) is 25.9 Å². The van der Waals surface area contributed by atoms with Crippen molar-refractivity contribution in [3.8, 4) is 33.4 Å². The predicted molar refractivity (Wildman–Crippen MR) is 166 cm³/mol. The molecule has 0 bridgehead atoms. The third-order valence-electron chi connectivity index (χ3n) is 8.22. The number of benzene rings is 4. The number of halogens is 2. The van der Waals surface area contributed by atoms with Crippen LogP contribution in [0.2, 0.25) is 10.0 Å². The standard InChI is InChI=1S/C34H30Cl2N2O4/c35-33-27(23-7-9-25-17-37(19-31(39)40)13-11-21(25)15-23)3-1-5-29(33)30-6-2-4-28(34(30)36)24-8-10-26-18-38(20-32(41)42)14-12-22(26)16-24/h1-10,15-16H,11-14,17-20H2,(H,39,40)(H,41,42). The Morgan fingerprint density at radius 2 is 1.00 bits per heavy atom. The highest BCUT2D eigenvalue weighted by Gasteiger charge is 2.22. The van der Waals surface area contributed by atoms with Gasteiger partial charge >= 0.3 is 11.9 Å². The van der Waals surface area contributed by atoms with Gasteiger partial charge in [-0.05, 0) is 46.2 Å². The molecule has 0 radical (unpaired) electrons. The van der Waals surface area contributed by atoms with Crippen LogP contribution in [-0.2, 0) is 35.5 Å². The van der Waals surface area contributed by atoms with Crippen LogP contribution in [0, 0.1) is 0 Å². The van der Waals surface area contributed by atoms with E-state index in [1.54, 1.807) is 0 Å². The Kier molecular flexibility index (Phi) is 8.06. The Morgan fingerprint density at radius 1 is 0.595 bits per heavy atom. The molecule has 6 nitrogen and oxygen atoms in total. The monoisotopic (exact) mass is 600 g/mol. The van der Waals surface area contributed by atoms with Crippen molar-refractivity contribution in [1.29, 1.82) is 0 Å². The summed E-state index contributed by atoms with van der Waals surface area (Å²) in [6, 6.07) is 24.6. The smallest absolute Gasteiger partial charge is 0.317 e. The molecule has 0 atom stereocenters. The van der Waals surface area contributed by atoms with Gasteiger partial charge in [-0.15, -0.1) is 0 Å². The quantitative estimate of drug-likeness (QED) is 0.241. The highest BCUT2D eigenvalue weighted by atomic mass is 35.5. The third kappa shape index (κ3) is 5.81. The summed E-state index contributed by atoms with van der Waals surface area (Å²) in [6.45, 7) is 2.77. The van der Waals surface area contributed by atoms with Crippen molar-refractivity contribution < 1.29 is 19.8 Å². The van der Waals surface area contributed by atoms with Crippen molar-refractivity contribution in [2.24, 2.45) is 0 Å². The Balaban J connectivity index is 1.29. The minimum atomic E-state index is -0.808. The molecule has 214 valence electrons. The summed E-state index contributed by atoms with van der Waals surface area (Å²) in [5, 5.41) is 19.6. The number of carboxylic acid groups (broad SMARTS) is 2. The SMILES string of the molecule is O=C(O)CN1CCc2cc(-c3cccc(-c4cccc(-c5ccc6c(c5)CCN(CC(=O)O)C6)c4Cl)c3Cl)ccc2C1. The molecule has 0 saturated heterocycles. The van der Waals surface area contributed by atoms with Gasteiger partial charge in [0.15, 0.2) is 0 Å². The summed E-state index contributed by atoms with van der Waals surface area (Å²) in [6.07, 6.45) is 1.58. The molecular formula is C34H30Cl2N2O4. The molecule has 0 amide bonds. The van der Waals surface area contributed by atoms with Gasteiger partial charge in [-0.1, -0.05) is 96.0 Å². The first-order valence-electron chi connectivity index (χ1n) is 14.0. The van der Waals surface area contributed by atoms with Crippen molar-refractivity contribution in [3.63, 3.8) is 0 Å². The number of fused-ring (bicyclic) bond motifs is 2. The lowest BCUT2D eigenvalue weighted by molar-refractivity contribution is -0.139. The van der Waals surface area contributed by atoms with Crippen LogP contribution in [0.25, 0.3) is 33.4 Å². The molecule has 0 fully saturated rings. The second-order valence-corrected chi connectivity index (χ2v) is 11.8. The summed E-state index contributed by atoms with van der Waals surface area (Å²) in [7, 11) is 0. The predicted octanol–water partition coefficient (Wildman–Crippen LogP) is 6.88. The van der Waals surface area contributed by atoms with Crippen molar-refractivity contribution in [2.75, 3.05) is 26.2 Å². The minimum absolute atomic E-state index is 0.0474. The molecule has 0 saturated carbocycles. The zero-order valence-corrected chi connectivity index (χ0v) is 24.5. The van der Waals surface area contributed by atoms with Gasteiger partial charge < -0.3 is 10.2 Å². The van der Waals surface area contributed by atoms with Crippen LogP contribution in [0.1, 0.15) is 22.3 Å². The average Bonchev–Trinajstić information content (AvgIpc) is 2.96. The first-order valence-corrected chi connectivity index (χ1v) is 14.7. The van der Waals surface area contributed by atoms with Gasteiger partial charge in [-0.3, -0.25) is 19.4 Å². The molecule has 2 heterocycles. The van der Waals surface area contributed by atoms with Crippen molar-refractivity contribution >= 4 is 35.1 Å². The maximum atomic E-state index is 11.1. The molecule has 2 aliphatic heterocycles. The van der Waals surface area contributed by atoms with Crippen molar-refractivity contribution in [3.05, 3.63) is 105 Å². The second-order valence-electron chi connectivity index (χ2n) is 11.0. The third-order valence-corrected chi connectivity index (χ3v) is 9.04. The Labute approximate surface area is 254 Å². The van der Waals surface area contributed by atoms with Crippen LogP contribution in [0.4, 0.5) is 0 Å². The minimum Gasteiger partial charge on any atom is -0.480 e. The van der Waals surface area contributed by atoms with E-state index >= 15 is 0 Å². The Morgan fingerprint density at radius 3 is 1.40 bits per heavy atom. The molecule has 2 N–H and O–H groups in total. The van der Waals surface area contributed by atoms with E-state index in [1.807, 2.05) is 46.2 Å². The van der Waals surface area contributed by atoms with Gasteiger partial charge in [0.2, 0.25) is 0 Å². The molecule has 4 aromatic carbocycles. The van der Waals surface area contributed by atoms with Gasteiger partial charge in [-0.2, -0.15) is 0 Å². The van der Waals surface area contributed by atoms with E-state index in [4.69, 9.17) is 33.4 Å². The number of rotatable bonds is 7. The van der Waals surface area contributed by atoms with E-state index in [0.29, 0.717) is 36.2 Å². The summed E-state index contributed by atoms with van der Waals surface area (Å²) in [5.74, 6) is -1.62. The molecular weight excluding hydrogens is 571 g/mol. The summed E-state index contributed by atoms with van der Waals surface area (Å²) in [5.41, 5.74) is 10.3. The second kappa shape index (κ2) is 11.9. The van der Waals surface area contributed by atoms with E-state index < -0.39 is 11.9 Å². The fourth-order valence-corrected chi connectivity index (χ4v) is 6.81. The lowest BCUT2D eigenvalue weighted by atomic mass is 9.91. The zero-order valence-electron chi connectivity index (χ0n) is 22.9. The number of hydrogen-bond donors (Lipinski definition) is 2. The molecule has 0 aliphatic carbocycles. The normalized spacial score (nSPS) is 15.2. The largest absolute Gasteiger partial charge is 0.480 e. The van der Waals surface area contributed by atoms with Crippen LogP contribution in [0.5, 0.6) is 0 Å². The lowest BCUT2D eigenvalue weighted by Crippen LogP contribution is -2.34. The Hall–Kier alpha value is -3.68. The zero-order chi connectivity index (χ0) is 29.4. The molecule has 8 heteroatoms. The van der Waals surface area contributed by atoms with E-state index in [2.05, 4.69) is 36.4 Å². The van der Waals surface area contributed by atoms with Gasteiger partial charge in [0.25, 0.3) is 0 Å². The maximum absolute atomic E-state index is 11.1. The fourth-order valence-electron chi connectivity index (χ4n) is 6.14. The first-order chi connectivity index (χ1) is 20.3. The number of aliphatic carboxylic acids is 2. The highest BCUT2D eigenvalue weighted by molar-refractivity contribution is 6.39. The topological polar surface area (TPSA) is 81.1 Å². The number of carbonyl (C=O) groups is 2. The average molecular weight is 602 g/mol. The fraction of sp³-hybridized carbons (Fsp3) is 0.235. The first kappa shape index (κ1) is 28.4. The molecule has 6 rings (SSSR count). The molecule has 2 aliphatic rings. The van der Waals surface area contributed by atoms with Crippen LogP contribution >= 0.6 is 23.2 Å². The van der Waals surface area contributed by atoms with Crippen LogP contribution in [-0.4, -0.2) is 58.1 Å². The summed E-state index contributed by atoms with van der Waals surface area (Å²) < 4.78 is 0. The summed E-state index contributed by atoms with van der Waals surface area (Å²) >= 11 is 14.2. The Bertz CT molecular complexity index is 1580. The van der Waals surface area contributed by atoms with Crippen molar-refractivity contribution in [1.82, 2.24) is 9.80 Å². The summed E-state index contributed by atoms with van der Waals surface area (Å²) in [4.78, 5) is 26.2. The van der Waals surface area contributed by atoms with Gasteiger partial charge in [0.1, 0.15) is 0 Å². The lowest BCUT2D eigenvalue weighted by Gasteiger charge is -2.28. The molecule has 0 aromatic heterocycles. The van der Waals surface area contributed by atoms with Gasteiger partial charge in [0.05, 0.1) is 23.1 Å². The van der Waals surface area contributed by atoms with Gasteiger partial charge in [-0.25, -0.2) is 0 Å². The molecule has 0 spiro atoms. The number of carboxylic acids is 2. The van der Waals surface area contributed by atoms with Crippen LogP contribution in [0.3, 0.4) is 0 Å². The number of hydrogen-bond acceptors (Lipinski definition) is 4. The van der Waals surface area contributed by atoms with Gasteiger partial charge in [0, 0.05) is 48.4 Å². The van der Waals surface area contributed by atoms with Crippen LogP contribution in [0.15, 0.2) is 72.8 Å². The number of nitrogens with zero attached hydrogens (tertiary/aromatic N) is 2. The highest BCUT2D eigenvalue weighted by Crippen LogP contribution is 2.43. The van der Waals surface area contributed by atoms with Crippen LogP contribution < -0.4 is 0 Å². The van der Waals surface area contributed by atoms with E-state index in [9.17, 15) is 9.59 Å². The van der Waals surface area contributed by atoms with E-state index in [1.165, 1.54) is 11.1 Å². The molecule has 0 unspecified atom stereocenters. The maximum Gasteiger partial charge on any atom is 0.317 e. The van der Waals surface area contributed by atoms with E-state index in [0.717, 1.165) is 57.3 Å².